The number of thiophene rings is 1. The molecule has 0 aromatic carbocycles. The number of alkyl halides is 3. The molecular weight excluding hydrogens is 295 g/mol. The summed E-state index contributed by atoms with van der Waals surface area (Å²) in [6, 6.07) is 3.72. The Bertz CT molecular complexity index is 445. The second-order valence-electron chi connectivity index (χ2n) is 4.19. The van der Waals surface area contributed by atoms with Crippen LogP contribution in [0.3, 0.4) is 0 Å². The van der Waals surface area contributed by atoms with Crippen LogP contribution in [0.1, 0.15) is 17.7 Å². The van der Waals surface area contributed by atoms with Gasteiger partial charge in [-0.1, -0.05) is 6.07 Å². The first-order valence-electron chi connectivity index (χ1n) is 5.86. The van der Waals surface area contributed by atoms with Crippen LogP contribution in [0.5, 0.6) is 0 Å². The molecule has 1 heterocycles. The van der Waals surface area contributed by atoms with Gasteiger partial charge in [-0.05, 0) is 24.3 Å². The van der Waals surface area contributed by atoms with Gasteiger partial charge < -0.3 is 10.0 Å². The fourth-order valence-electron chi connectivity index (χ4n) is 1.64. The van der Waals surface area contributed by atoms with Crippen LogP contribution in [0.2, 0.25) is 0 Å². The number of halogens is 3. The van der Waals surface area contributed by atoms with Gasteiger partial charge in [-0.3, -0.25) is 9.59 Å². The van der Waals surface area contributed by atoms with Crippen molar-refractivity contribution in [2.75, 3.05) is 13.1 Å². The molecule has 0 fully saturated rings. The zero-order chi connectivity index (χ0) is 15.2. The highest BCUT2D eigenvalue weighted by atomic mass is 32.1. The van der Waals surface area contributed by atoms with E-state index in [1.54, 1.807) is 0 Å². The number of amides is 1. The van der Waals surface area contributed by atoms with Gasteiger partial charge in [0.2, 0.25) is 5.91 Å². The number of aliphatic carboxylic acids is 1. The van der Waals surface area contributed by atoms with Gasteiger partial charge in [0.05, 0.1) is 0 Å². The van der Waals surface area contributed by atoms with E-state index in [1.165, 1.54) is 11.3 Å². The molecule has 0 saturated carbocycles. The predicted molar refractivity (Wildman–Crippen MR) is 67.5 cm³/mol. The molecule has 1 N–H and O–H groups in total. The van der Waals surface area contributed by atoms with Gasteiger partial charge in [0, 0.05) is 11.3 Å². The lowest BCUT2D eigenvalue weighted by molar-refractivity contribution is -0.165. The molecule has 1 amide bonds. The van der Waals surface area contributed by atoms with Crippen molar-refractivity contribution >= 4 is 23.2 Å². The smallest absolute Gasteiger partial charge is 0.406 e. The molecule has 0 aliphatic heterocycles. The quantitative estimate of drug-likeness (QED) is 0.842. The molecule has 20 heavy (non-hydrogen) atoms. The van der Waals surface area contributed by atoms with Crippen molar-refractivity contribution in [1.29, 1.82) is 0 Å². The second-order valence-corrected chi connectivity index (χ2v) is 5.22. The average Bonchev–Trinajstić information content (AvgIpc) is 2.78. The first-order valence-corrected chi connectivity index (χ1v) is 6.74. The lowest BCUT2D eigenvalue weighted by Crippen LogP contribution is -2.42. The Hall–Kier alpha value is -1.57. The molecule has 4 nitrogen and oxygen atoms in total. The summed E-state index contributed by atoms with van der Waals surface area (Å²) in [6.07, 6.45) is -3.70. The molecule has 0 atom stereocenters. The van der Waals surface area contributed by atoms with E-state index in [2.05, 4.69) is 0 Å². The minimum absolute atomic E-state index is 0.0960. The van der Waals surface area contributed by atoms with Gasteiger partial charge in [0.1, 0.15) is 13.1 Å². The fraction of sp³-hybridized carbons (Fsp3) is 0.500. The van der Waals surface area contributed by atoms with Gasteiger partial charge in [0.15, 0.2) is 0 Å². The minimum Gasteiger partial charge on any atom is -0.480 e. The second kappa shape index (κ2) is 7.28. The zero-order valence-electron chi connectivity index (χ0n) is 10.5. The Kier molecular flexibility index (Phi) is 6.00. The molecule has 0 aliphatic carbocycles. The number of carbonyl (C=O) groups is 2. The SMILES string of the molecule is O=C(O)CN(CC(F)(F)F)C(=O)CCCc1cccs1. The van der Waals surface area contributed by atoms with Crippen LogP contribution in [0.4, 0.5) is 13.2 Å². The van der Waals surface area contributed by atoms with E-state index in [0.29, 0.717) is 17.7 Å². The highest BCUT2D eigenvalue weighted by Crippen LogP contribution is 2.18. The Morgan fingerprint density at radius 2 is 2.05 bits per heavy atom. The van der Waals surface area contributed by atoms with Crippen molar-refractivity contribution in [3.63, 3.8) is 0 Å². The summed E-state index contributed by atoms with van der Waals surface area (Å²) in [6.45, 7) is -2.46. The molecule has 0 spiro atoms. The molecule has 0 radical (unpaired) electrons. The van der Waals surface area contributed by atoms with Gasteiger partial charge in [-0.25, -0.2) is 0 Å². The lowest BCUT2D eigenvalue weighted by Gasteiger charge is -2.22. The molecule has 112 valence electrons. The van der Waals surface area contributed by atoms with Crippen LogP contribution in [-0.2, 0) is 16.0 Å². The van der Waals surface area contributed by atoms with E-state index in [1.807, 2.05) is 17.5 Å². The van der Waals surface area contributed by atoms with Crippen molar-refractivity contribution in [3.05, 3.63) is 22.4 Å². The van der Waals surface area contributed by atoms with Crippen LogP contribution in [0, 0.1) is 0 Å². The maximum Gasteiger partial charge on any atom is 0.406 e. The summed E-state index contributed by atoms with van der Waals surface area (Å²) < 4.78 is 36.8. The maximum atomic E-state index is 12.3. The third kappa shape index (κ3) is 6.55. The molecular formula is C12H14F3NO3S. The van der Waals surface area contributed by atoms with Crippen LogP contribution in [0.25, 0.3) is 0 Å². The van der Waals surface area contributed by atoms with Crippen molar-refractivity contribution in [3.8, 4) is 0 Å². The molecule has 1 aromatic rings. The van der Waals surface area contributed by atoms with Crippen molar-refractivity contribution < 1.29 is 27.9 Å². The van der Waals surface area contributed by atoms with Crippen molar-refractivity contribution in [1.82, 2.24) is 4.90 Å². The molecule has 8 heteroatoms. The van der Waals surface area contributed by atoms with Crippen LogP contribution in [0.15, 0.2) is 17.5 Å². The molecule has 0 aliphatic rings. The van der Waals surface area contributed by atoms with Gasteiger partial charge in [-0.15, -0.1) is 11.3 Å². The Labute approximate surface area is 117 Å². The Morgan fingerprint density at radius 1 is 1.35 bits per heavy atom. The number of rotatable bonds is 7. The summed E-state index contributed by atoms with van der Waals surface area (Å²) in [5.74, 6) is -2.25. The van der Waals surface area contributed by atoms with E-state index in [0.717, 1.165) is 4.88 Å². The monoisotopic (exact) mass is 309 g/mol. The highest BCUT2D eigenvalue weighted by Gasteiger charge is 2.33. The van der Waals surface area contributed by atoms with E-state index in [-0.39, 0.29) is 6.42 Å². The minimum atomic E-state index is -4.60. The van der Waals surface area contributed by atoms with E-state index in [4.69, 9.17) is 5.11 Å². The number of hydrogen-bond donors (Lipinski definition) is 1. The maximum absolute atomic E-state index is 12.3. The summed E-state index contributed by atoms with van der Waals surface area (Å²) in [5, 5.41) is 10.4. The largest absolute Gasteiger partial charge is 0.480 e. The average molecular weight is 309 g/mol. The summed E-state index contributed by atoms with van der Waals surface area (Å²) in [5.41, 5.74) is 0. The van der Waals surface area contributed by atoms with Gasteiger partial charge in [0.25, 0.3) is 0 Å². The summed E-state index contributed by atoms with van der Waals surface area (Å²) in [7, 11) is 0. The van der Waals surface area contributed by atoms with Crippen molar-refractivity contribution in [2.24, 2.45) is 0 Å². The number of carbonyl (C=O) groups excluding carboxylic acids is 1. The Balaban J connectivity index is 2.47. The number of aryl methyl sites for hydroxylation is 1. The van der Waals surface area contributed by atoms with E-state index < -0.39 is 31.1 Å². The topological polar surface area (TPSA) is 57.6 Å². The van der Waals surface area contributed by atoms with Crippen LogP contribution in [-0.4, -0.2) is 41.1 Å². The molecule has 1 aromatic heterocycles. The third-order valence-electron chi connectivity index (χ3n) is 2.44. The van der Waals surface area contributed by atoms with E-state index in [9.17, 15) is 22.8 Å². The highest BCUT2D eigenvalue weighted by molar-refractivity contribution is 7.09. The standard InChI is InChI=1S/C12H14F3NO3S/c13-12(14,15)8-16(7-11(18)19)10(17)5-1-3-9-4-2-6-20-9/h2,4,6H,1,3,5,7-8H2,(H,18,19). The number of carboxylic acids is 1. The zero-order valence-corrected chi connectivity index (χ0v) is 11.3. The molecule has 0 unspecified atom stereocenters. The number of nitrogens with zero attached hydrogens (tertiary/aromatic N) is 1. The summed E-state index contributed by atoms with van der Waals surface area (Å²) in [4.78, 5) is 23.5. The number of hydrogen-bond acceptors (Lipinski definition) is 3. The first kappa shape index (κ1) is 16.5. The third-order valence-corrected chi connectivity index (χ3v) is 3.38. The summed E-state index contributed by atoms with van der Waals surface area (Å²) >= 11 is 1.50. The molecule has 0 bridgehead atoms. The van der Waals surface area contributed by atoms with Crippen LogP contribution < -0.4 is 0 Å². The Morgan fingerprint density at radius 3 is 2.55 bits per heavy atom. The molecule has 0 saturated heterocycles. The van der Waals surface area contributed by atoms with Crippen molar-refractivity contribution in [2.45, 2.75) is 25.4 Å². The predicted octanol–water partition coefficient (Wildman–Crippen LogP) is 2.55. The number of carboxylic acid groups (broad SMARTS) is 1. The lowest BCUT2D eigenvalue weighted by atomic mass is 10.2. The fourth-order valence-corrected chi connectivity index (χ4v) is 2.39. The van der Waals surface area contributed by atoms with Crippen LogP contribution >= 0.6 is 11.3 Å². The molecule has 1 rings (SSSR count). The first-order chi connectivity index (χ1) is 9.28. The van der Waals surface area contributed by atoms with Gasteiger partial charge >= 0.3 is 12.1 Å². The van der Waals surface area contributed by atoms with E-state index >= 15 is 0 Å². The van der Waals surface area contributed by atoms with Gasteiger partial charge in [-0.2, -0.15) is 13.2 Å². The normalized spacial score (nSPS) is 11.3.